The molecule has 1 fully saturated rings. The number of hydrogen-bond donors (Lipinski definition) is 3. The van der Waals surface area contributed by atoms with Crippen molar-refractivity contribution in [1.82, 2.24) is 10.6 Å². The predicted molar refractivity (Wildman–Crippen MR) is 150 cm³/mol. The molecule has 1 aliphatic heterocycles. The van der Waals surface area contributed by atoms with Gasteiger partial charge in [-0.15, -0.1) is 0 Å². The quantitative estimate of drug-likeness (QED) is 0.309. The van der Waals surface area contributed by atoms with Crippen molar-refractivity contribution in [3.63, 3.8) is 0 Å². The molecule has 0 aromatic heterocycles. The Bertz CT molecular complexity index is 1290. The van der Waals surface area contributed by atoms with Crippen LogP contribution >= 0.6 is 11.6 Å². The average molecular weight is 520 g/mol. The monoisotopic (exact) mass is 519 g/mol. The second-order valence-corrected chi connectivity index (χ2v) is 11.3. The van der Waals surface area contributed by atoms with Crippen molar-refractivity contribution in [1.29, 1.82) is 5.26 Å². The molecule has 0 atom stereocenters. The molecule has 0 unspecified atom stereocenters. The summed E-state index contributed by atoms with van der Waals surface area (Å²) in [5, 5.41) is 17.0. The molecule has 2 aromatic carbocycles. The van der Waals surface area contributed by atoms with Crippen molar-refractivity contribution in [2.45, 2.75) is 64.1 Å². The first kappa shape index (κ1) is 28.0. The van der Waals surface area contributed by atoms with Crippen molar-refractivity contribution >= 4 is 29.8 Å². The normalized spacial score (nSPS) is 18.1. The lowest BCUT2D eigenvalue weighted by Crippen LogP contribution is -2.67. The molecule has 0 saturated carbocycles. The Kier molecular flexibility index (Phi) is 8.16. The number of nitriles is 1. The SMILES string of the molecule is C=N/C=C(\C=C/N)c1cccc(Oc2ccc(C(=O)NC3(C)CC(C)(C)NC(C)(C)C3)cc2Cl)c1C#N. The maximum Gasteiger partial charge on any atom is 0.251 e. The summed E-state index contributed by atoms with van der Waals surface area (Å²) in [5.74, 6) is 0.430. The van der Waals surface area contributed by atoms with Gasteiger partial charge < -0.3 is 21.1 Å². The Morgan fingerprint density at radius 2 is 1.86 bits per heavy atom. The molecule has 0 aliphatic carbocycles. The smallest absolute Gasteiger partial charge is 0.251 e. The van der Waals surface area contributed by atoms with E-state index >= 15 is 0 Å². The number of carbonyl (C=O) groups is 1. The first-order chi connectivity index (χ1) is 17.3. The van der Waals surface area contributed by atoms with E-state index in [1.54, 1.807) is 42.5 Å². The molecular formula is C29H34ClN5O2. The molecule has 2 aromatic rings. The van der Waals surface area contributed by atoms with E-state index in [1.165, 1.54) is 12.4 Å². The van der Waals surface area contributed by atoms with E-state index in [0.29, 0.717) is 28.2 Å². The molecule has 194 valence electrons. The van der Waals surface area contributed by atoms with Gasteiger partial charge in [-0.25, -0.2) is 0 Å². The van der Waals surface area contributed by atoms with E-state index in [2.05, 4.69) is 63.0 Å². The van der Waals surface area contributed by atoms with Gasteiger partial charge in [-0.3, -0.25) is 9.79 Å². The van der Waals surface area contributed by atoms with Crippen LogP contribution in [0.5, 0.6) is 11.5 Å². The fourth-order valence-corrected chi connectivity index (χ4v) is 5.89. The van der Waals surface area contributed by atoms with Crippen LogP contribution in [0.3, 0.4) is 0 Å². The third-order valence-corrected chi connectivity index (χ3v) is 6.42. The largest absolute Gasteiger partial charge is 0.454 e. The summed E-state index contributed by atoms with van der Waals surface area (Å²) >= 11 is 6.53. The molecule has 0 radical (unpaired) electrons. The highest BCUT2D eigenvalue weighted by molar-refractivity contribution is 6.32. The number of piperidine rings is 1. The van der Waals surface area contributed by atoms with Crippen LogP contribution in [0.1, 0.15) is 68.9 Å². The van der Waals surface area contributed by atoms with Crippen LogP contribution in [-0.4, -0.2) is 29.2 Å². The summed E-state index contributed by atoms with van der Waals surface area (Å²) in [6, 6.07) is 12.2. The van der Waals surface area contributed by atoms with Crippen LogP contribution in [0.15, 0.2) is 59.9 Å². The standard InChI is InChI=1S/C29H34ClN5O2/c1-27(2)17-29(5,18-28(3,4)35-27)34-26(36)19-10-11-25(23(30)14-19)37-24-9-7-8-21(22(24)15-32)20(12-13-31)16-33-6/h7-14,16,35H,6,17-18,31H2,1-5H3,(H,34,36)/b13-12-,20-16+. The molecule has 0 spiro atoms. The number of ether oxygens (including phenoxy) is 1. The lowest BCUT2D eigenvalue weighted by Gasteiger charge is -2.52. The lowest BCUT2D eigenvalue weighted by molar-refractivity contribution is 0.0695. The minimum Gasteiger partial charge on any atom is -0.454 e. The molecule has 1 amide bonds. The summed E-state index contributed by atoms with van der Waals surface area (Å²) in [6.07, 6.45) is 6.07. The third kappa shape index (κ3) is 6.79. The molecule has 1 heterocycles. The minimum atomic E-state index is -0.386. The van der Waals surface area contributed by atoms with E-state index in [4.69, 9.17) is 22.1 Å². The van der Waals surface area contributed by atoms with Gasteiger partial charge in [0.1, 0.15) is 23.1 Å². The molecule has 0 bridgehead atoms. The van der Waals surface area contributed by atoms with Crippen LogP contribution in [0.4, 0.5) is 0 Å². The maximum atomic E-state index is 13.2. The summed E-state index contributed by atoms with van der Waals surface area (Å²) < 4.78 is 6.01. The second-order valence-electron chi connectivity index (χ2n) is 10.9. The Morgan fingerprint density at radius 3 is 2.43 bits per heavy atom. The maximum absolute atomic E-state index is 13.2. The zero-order valence-electron chi connectivity index (χ0n) is 22.0. The van der Waals surface area contributed by atoms with Gasteiger partial charge in [-0.1, -0.05) is 23.7 Å². The highest BCUT2D eigenvalue weighted by Crippen LogP contribution is 2.37. The number of hydrogen-bond acceptors (Lipinski definition) is 6. The van der Waals surface area contributed by atoms with Crippen LogP contribution < -0.4 is 21.1 Å². The summed E-state index contributed by atoms with van der Waals surface area (Å²) in [4.78, 5) is 17.0. The minimum absolute atomic E-state index is 0.122. The Labute approximate surface area is 224 Å². The van der Waals surface area contributed by atoms with E-state index in [1.807, 2.05) is 0 Å². The highest BCUT2D eigenvalue weighted by Gasteiger charge is 2.45. The topological polar surface area (TPSA) is 113 Å². The Morgan fingerprint density at radius 1 is 1.19 bits per heavy atom. The van der Waals surface area contributed by atoms with E-state index < -0.39 is 0 Å². The fourth-order valence-electron chi connectivity index (χ4n) is 5.67. The predicted octanol–water partition coefficient (Wildman–Crippen LogP) is 5.95. The van der Waals surface area contributed by atoms with Gasteiger partial charge in [0.25, 0.3) is 5.91 Å². The van der Waals surface area contributed by atoms with Crippen molar-refractivity contribution in [2.75, 3.05) is 0 Å². The van der Waals surface area contributed by atoms with Crippen LogP contribution in [0.25, 0.3) is 5.57 Å². The highest BCUT2D eigenvalue weighted by atomic mass is 35.5. The number of halogens is 1. The second kappa shape index (κ2) is 10.8. The molecule has 3 rings (SSSR count). The zero-order valence-corrected chi connectivity index (χ0v) is 22.7. The number of allylic oxidation sites excluding steroid dienone is 2. The first-order valence-electron chi connectivity index (χ1n) is 12.0. The van der Waals surface area contributed by atoms with E-state index in [0.717, 1.165) is 12.8 Å². The fraction of sp³-hybridized carbons (Fsp3) is 0.345. The third-order valence-electron chi connectivity index (χ3n) is 6.13. The van der Waals surface area contributed by atoms with Crippen LogP contribution in [0.2, 0.25) is 5.02 Å². The number of rotatable bonds is 7. The van der Waals surface area contributed by atoms with Gasteiger partial charge >= 0.3 is 0 Å². The van der Waals surface area contributed by atoms with Crippen LogP contribution in [0, 0.1) is 11.3 Å². The number of nitrogens with one attached hydrogen (secondary N) is 2. The molecule has 37 heavy (non-hydrogen) atoms. The van der Waals surface area contributed by atoms with Crippen LogP contribution in [-0.2, 0) is 0 Å². The number of benzene rings is 2. The van der Waals surface area contributed by atoms with Gasteiger partial charge in [-0.05, 0) is 90.7 Å². The van der Waals surface area contributed by atoms with Gasteiger partial charge in [0, 0.05) is 39.5 Å². The number of carbonyl (C=O) groups excluding carboxylic acids is 1. The number of amides is 1. The Balaban J connectivity index is 1.86. The summed E-state index contributed by atoms with van der Waals surface area (Å²) in [7, 11) is 0. The van der Waals surface area contributed by atoms with E-state index in [-0.39, 0.29) is 33.1 Å². The van der Waals surface area contributed by atoms with Gasteiger partial charge in [0.05, 0.1) is 5.02 Å². The molecule has 1 aliphatic rings. The summed E-state index contributed by atoms with van der Waals surface area (Å²) in [5.41, 5.74) is 6.83. The van der Waals surface area contributed by atoms with Crippen molar-refractivity contribution < 1.29 is 9.53 Å². The molecule has 4 N–H and O–H groups in total. The van der Waals surface area contributed by atoms with Crippen molar-refractivity contribution in [3.05, 3.63) is 76.6 Å². The molecule has 1 saturated heterocycles. The van der Waals surface area contributed by atoms with Gasteiger partial charge in [0.2, 0.25) is 0 Å². The number of nitrogens with zero attached hydrogens (tertiary/aromatic N) is 2. The van der Waals surface area contributed by atoms with E-state index in [9.17, 15) is 10.1 Å². The zero-order chi connectivity index (χ0) is 27.4. The van der Waals surface area contributed by atoms with Gasteiger partial charge in [0.15, 0.2) is 0 Å². The average Bonchev–Trinajstić information content (AvgIpc) is 2.77. The van der Waals surface area contributed by atoms with Gasteiger partial charge in [-0.2, -0.15) is 5.26 Å². The first-order valence-corrected chi connectivity index (χ1v) is 12.4. The molecule has 7 nitrogen and oxygen atoms in total. The molecular weight excluding hydrogens is 486 g/mol. The lowest BCUT2D eigenvalue weighted by atomic mass is 9.71. The van der Waals surface area contributed by atoms with Crippen molar-refractivity contribution in [2.24, 2.45) is 10.7 Å². The summed E-state index contributed by atoms with van der Waals surface area (Å²) in [6.45, 7) is 14.1. The Hall–Kier alpha value is -3.60. The number of aliphatic imine (C=N–C) groups is 1. The number of nitrogens with two attached hydrogens (primary N) is 1. The van der Waals surface area contributed by atoms with Crippen molar-refractivity contribution in [3.8, 4) is 17.6 Å². The molecule has 8 heteroatoms.